The highest BCUT2D eigenvalue weighted by Crippen LogP contribution is 2.34. The van der Waals surface area contributed by atoms with Gasteiger partial charge >= 0.3 is 0 Å². The van der Waals surface area contributed by atoms with E-state index < -0.39 is 15.8 Å². The van der Waals surface area contributed by atoms with Crippen molar-refractivity contribution in [1.82, 2.24) is 4.98 Å². The quantitative estimate of drug-likeness (QED) is 0.321. The molecule has 0 radical (unpaired) electrons. The summed E-state index contributed by atoms with van der Waals surface area (Å²) in [5.74, 6) is -0.812. The van der Waals surface area contributed by atoms with Gasteiger partial charge in [0.05, 0.1) is 27.3 Å². The number of amides is 1. The molecule has 36 heavy (non-hydrogen) atoms. The van der Waals surface area contributed by atoms with Crippen molar-refractivity contribution in [1.29, 1.82) is 0 Å². The lowest BCUT2D eigenvalue weighted by atomic mass is 10.1. The Kier molecular flexibility index (Phi) is 6.94. The van der Waals surface area contributed by atoms with Crippen LogP contribution in [0.4, 0.5) is 15.2 Å². The van der Waals surface area contributed by atoms with Crippen molar-refractivity contribution in [3.8, 4) is 0 Å². The van der Waals surface area contributed by atoms with E-state index in [-0.39, 0.29) is 22.6 Å². The van der Waals surface area contributed by atoms with Crippen molar-refractivity contribution in [3.63, 3.8) is 0 Å². The predicted molar refractivity (Wildman–Crippen MR) is 139 cm³/mol. The minimum absolute atomic E-state index is 0.0683. The number of anilines is 2. The number of aromatic nitrogens is 1. The van der Waals surface area contributed by atoms with Crippen LogP contribution in [0.3, 0.4) is 0 Å². The Balaban J connectivity index is 1.40. The largest absolute Gasteiger partial charge is 0.376 e. The van der Waals surface area contributed by atoms with Gasteiger partial charge in [-0.2, -0.15) is 0 Å². The number of sulfonamides is 1. The van der Waals surface area contributed by atoms with Crippen LogP contribution in [0, 0.1) is 5.82 Å². The van der Waals surface area contributed by atoms with Crippen LogP contribution in [0.25, 0.3) is 10.2 Å². The molecule has 11 heteroatoms. The second-order valence-corrected chi connectivity index (χ2v) is 11.4. The zero-order valence-corrected chi connectivity index (χ0v) is 21.2. The molecule has 1 aliphatic rings. The average molecular weight is 546 g/mol. The molecule has 2 heterocycles. The molecular weight excluding hydrogens is 525 g/mol. The van der Waals surface area contributed by atoms with E-state index in [0.717, 1.165) is 29.7 Å². The number of halogens is 2. The van der Waals surface area contributed by atoms with E-state index in [1.807, 2.05) is 12.1 Å². The van der Waals surface area contributed by atoms with E-state index in [9.17, 15) is 17.6 Å². The summed E-state index contributed by atoms with van der Waals surface area (Å²) in [6.07, 6.45) is 1.68. The molecule has 1 fully saturated rings. The van der Waals surface area contributed by atoms with E-state index in [1.165, 1.54) is 35.6 Å². The topological polar surface area (TPSA) is 88.6 Å². The first-order chi connectivity index (χ1) is 17.3. The van der Waals surface area contributed by atoms with Gasteiger partial charge in [0.2, 0.25) is 0 Å². The predicted octanol–water partition coefficient (Wildman–Crippen LogP) is 5.72. The summed E-state index contributed by atoms with van der Waals surface area (Å²) in [5.41, 5.74) is 1.27. The minimum Gasteiger partial charge on any atom is -0.376 e. The molecular formula is C25H21ClFN3O4S2. The molecule has 1 amide bonds. The van der Waals surface area contributed by atoms with Crippen LogP contribution >= 0.6 is 22.9 Å². The zero-order valence-electron chi connectivity index (χ0n) is 18.9. The number of hydrogen-bond acceptors (Lipinski definition) is 6. The zero-order chi connectivity index (χ0) is 25.3. The van der Waals surface area contributed by atoms with Crippen molar-refractivity contribution in [2.45, 2.75) is 23.8 Å². The van der Waals surface area contributed by atoms with Crippen molar-refractivity contribution in [3.05, 3.63) is 83.1 Å². The van der Waals surface area contributed by atoms with E-state index in [2.05, 4.69) is 9.71 Å². The summed E-state index contributed by atoms with van der Waals surface area (Å²) in [6, 6.07) is 16.1. The van der Waals surface area contributed by atoms with Gasteiger partial charge in [-0.25, -0.2) is 17.8 Å². The van der Waals surface area contributed by atoms with Crippen molar-refractivity contribution < 1.29 is 22.3 Å². The first-order valence-electron chi connectivity index (χ1n) is 11.2. The highest BCUT2D eigenvalue weighted by molar-refractivity contribution is 7.92. The third-order valence-electron chi connectivity index (χ3n) is 5.75. The lowest BCUT2D eigenvalue weighted by molar-refractivity contribution is 0.0917. The van der Waals surface area contributed by atoms with Crippen molar-refractivity contribution >= 4 is 59.9 Å². The molecule has 4 aromatic rings. The molecule has 1 N–H and O–H groups in total. The second-order valence-electron chi connectivity index (χ2n) is 8.27. The highest BCUT2D eigenvalue weighted by Gasteiger charge is 2.27. The van der Waals surface area contributed by atoms with Crippen LogP contribution in [0.15, 0.2) is 71.6 Å². The minimum atomic E-state index is -3.91. The third-order valence-corrected chi connectivity index (χ3v) is 8.50. The molecule has 1 aliphatic heterocycles. The van der Waals surface area contributed by atoms with Crippen LogP contribution in [0.2, 0.25) is 5.02 Å². The maximum atomic E-state index is 13.6. The third kappa shape index (κ3) is 5.22. The summed E-state index contributed by atoms with van der Waals surface area (Å²) in [5, 5.41) is 1.02. The molecule has 5 rings (SSSR count). The number of nitrogens with one attached hydrogen (secondary N) is 1. The molecule has 0 saturated carbocycles. The van der Waals surface area contributed by atoms with Crippen LogP contribution < -0.4 is 9.62 Å². The Labute approximate surface area is 216 Å². The molecule has 3 aromatic carbocycles. The standard InChI is InChI=1S/C25H21ClFN3O4S2/c26-21-4-1-5-22-23(21)28-25(35-22)30(15-19-3-2-14-34-19)24(31)16-6-10-18(11-7-16)29-36(32,33)20-12-8-17(27)9-13-20/h1,4-13,19,29H,2-3,14-15H2. The molecule has 0 spiro atoms. The number of carbonyl (C=O) groups excluding carboxylic acids is 1. The van der Waals surface area contributed by atoms with Crippen LogP contribution in [0.5, 0.6) is 0 Å². The number of para-hydroxylation sites is 1. The average Bonchev–Trinajstić information content (AvgIpc) is 3.53. The molecule has 0 bridgehead atoms. The van der Waals surface area contributed by atoms with Gasteiger partial charge in [0.1, 0.15) is 11.3 Å². The highest BCUT2D eigenvalue weighted by atomic mass is 35.5. The molecule has 186 valence electrons. The maximum absolute atomic E-state index is 13.6. The van der Waals surface area contributed by atoms with E-state index in [4.69, 9.17) is 16.3 Å². The summed E-state index contributed by atoms with van der Waals surface area (Å²) >= 11 is 7.68. The number of nitrogens with zero attached hydrogens (tertiary/aromatic N) is 2. The molecule has 1 atom stereocenters. The van der Waals surface area contributed by atoms with Crippen molar-refractivity contribution in [2.24, 2.45) is 0 Å². The maximum Gasteiger partial charge on any atom is 0.261 e. The number of thiazole rings is 1. The van der Waals surface area contributed by atoms with Crippen molar-refractivity contribution in [2.75, 3.05) is 22.8 Å². The SMILES string of the molecule is O=C(c1ccc(NS(=O)(=O)c2ccc(F)cc2)cc1)N(CC1CCCO1)c1nc2c(Cl)cccc2s1. The summed E-state index contributed by atoms with van der Waals surface area (Å²) < 4.78 is 47.4. The van der Waals surface area contributed by atoms with Gasteiger partial charge in [-0.15, -0.1) is 0 Å². The second kappa shape index (κ2) is 10.1. The Bertz CT molecular complexity index is 1500. The normalized spacial score (nSPS) is 15.8. The van der Waals surface area contributed by atoms with Crippen LogP contribution in [-0.2, 0) is 14.8 Å². The fourth-order valence-corrected chi connectivity index (χ4v) is 6.25. The fourth-order valence-electron chi connectivity index (χ4n) is 3.92. The van der Waals surface area contributed by atoms with Gasteiger partial charge < -0.3 is 4.74 Å². The monoisotopic (exact) mass is 545 g/mol. The number of rotatable bonds is 7. The fraction of sp³-hybridized carbons (Fsp3) is 0.200. The number of benzene rings is 3. The summed E-state index contributed by atoms with van der Waals surface area (Å²) in [7, 11) is -3.91. The van der Waals surface area contributed by atoms with E-state index in [1.54, 1.807) is 23.1 Å². The van der Waals surface area contributed by atoms with Crippen LogP contribution in [-0.4, -0.2) is 38.6 Å². The molecule has 1 aromatic heterocycles. The first kappa shape index (κ1) is 24.6. The summed E-state index contributed by atoms with van der Waals surface area (Å²) in [6.45, 7) is 0.997. The van der Waals surface area contributed by atoms with Gasteiger partial charge in [0, 0.05) is 17.9 Å². The smallest absolute Gasteiger partial charge is 0.261 e. The van der Waals surface area contributed by atoms with E-state index >= 15 is 0 Å². The molecule has 1 unspecified atom stereocenters. The van der Waals surface area contributed by atoms with Crippen LogP contribution in [0.1, 0.15) is 23.2 Å². The number of fused-ring (bicyclic) bond motifs is 1. The number of carbonyl (C=O) groups is 1. The Morgan fingerprint density at radius 2 is 1.89 bits per heavy atom. The number of ether oxygens (including phenoxy) is 1. The molecule has 1 saturated heterocycles. The molecule has 0 aliphatic carbocycles. The lowest BCUT2D eigenvalue weighted by Crippen LogP contribution is -2.37. The summed E-state index contributed by atoms with van der Waals surface area (Å²) in [4.78, 5) is 19.7. The Morgan fingerprint density at radius 3 is 2.56 bits per heavy atom. The number of hydrogen-bond donors (Lipinski definition) is 1. The van der Waals surface area contributed by atoms with Gasteiger partial charge in [-0.3, -0.25) is 14.4 Å². The van der Waals surface area contributed by atoms with E-state index in [0.29, 0.717) is 34.4 Å². The van der Waals surface area contributed by atoms with Gasteiger partial charge in [-0.05, 0) is 73.5 Å². The Morgan fingerprint density at radius 1 is 1.14 bits per heavy atom. The lowest BCUT2D eigenvalue weighted by Gasteiger charge is -2.23. The Hall–Kier alpha value is -3.05. The first-order valence-corrected chi connectivity index (χ1v) is 13.8. The van der Waals surface area contributed by atoms with Gasteiger partial charge in [-0.1, -0.05) is 29.0 Å². The van der Waals surface area contributed by atoms with Gasteiger partial charge in [0.25, 0.3) is 15.9 Å². The van der Waals surface area contributed by atoms with Gasteiger partial charge in [0.15, 0.2) is 5.13 Å². The molecule has 7 nitrogen and oxygen atoms in total.